The fourth-order valence-corrected chi connectivity index (χ4v) is 5.61. The van der Waals surface area contributed by atoms with Crippen molar-refractivity contribution in [3.8, 4) is 5.75 Å². The molecule has 0 unspecified atom stereocenters. The van der Waals surface area contributed by atoms with E-state index < -0.39 is 34.6 Å². The summed E-state index contributed by atoms with van der Waals surface area (Å²) in [5, 5.41) is 11.3. The van der Waals surface area contributed by atoms with Gasteiger partial charge in [-0.2, -0.15) is 0 Å². The number of methoxy groups -OCH3 is 1. The first-order valence-electron chi connectivity index (χ1n) is 10.9. The molecule has 0 spiro atoms. The number of imide groups is 1. The number of ether oxygens (including phenoxy) is 1. The molecule has 0 N–H and O–H groups in total. The first kappa shape index (κ1) is 21.3. The zero-order chi connectivity index (χ0) is 23.4. The van der Waals surface area contributed by atoms with Crippen LogP contribution in [0.25, 0.3) is 0 Å². The fourth-order valence-electron chi connectivity index (χ4n) is 5.61. The minimum Gasteiger partial charge on any atom is -0.495 e. The smallest absolute Gasteiger partial charge is 0.271 e. The molecule has 0 aromatic heterocycles. The largest absolute Gasteiger partial charge is 0.495 e. The van der Waals surface area contributed by atoms with Crippen LogP contribution in [-0.4, -0.2) is 53.2 Å². The summed E-state index contributed by atoms with van der Waals surface area (Å²) in [4.78, 5) is 54.6. The normalized spacial score (nSPS) is 26.4. The molecule has 5 rings (SSSR count). The van der Waals surface area contributed by atoms with Crippen molar-refractivity contribution in [2.24, 2.45) is 11.8 Å². The van der Waals surface area contributed by atoms with Crippen molar-refractivity contribution in [3.05, 3.63) is 63.7 Å². The lowest BCUT2D eigenvalue weighted by atomic mass is 9.85. The maximum Gasteiger partial charge on any atom is 0.271 e. The molecule has 9 nitrogen and oxygen atoms in total. The van der Waals surface area contributed by atoms with Crippen LogP contribution in [0.3, 0.4) is 0 Å². The molecule has 3 saturated heterocycles. The molecule has 0 saturated carbocycles. The molecule has 170 valence electrons. The Hall–Kier alpha value is -3.59. The molecule has 3 aliphatic rings. The molecule has 33 heavy (non-hydrogen) atoms. The monoisotopic (exact) mass is 449 g/mol. The number of rotatable bonds is 5. The number of Topliss-reactive ketones (excluding diaryl/α,β-unsaturated/α-hetero) is 1. The van der Waals surface area contributed by atoms with Crippen LogP contribution in [0, 0.1) is 28.9 Å². The molecule has 2 aromatic carbocycles. The summed E-state index contributed by atoms with van der Waals surface area (Å²) in [6.07, 6.45) is 1.56. The number of hydrogen-bond acceptors (Lipinski definition) is 7. The van der Waals surface area contributed by atoms with Crippen LogP contribution in [0.15, 0.2) is 42.5 Å². The SMILES string of the molecule is COc1ccc([N+](=O)[O-])cc1N1C(=O)[C@@H]2[C@H](C1=O)[C@@H](C(=O)c1ccc(C)cc1)N1CCC[C@H]21. The van der Waals surface area contributed by atoms with Crippen molar-refractivity contribution < 1.29 is 24.0 Å². The first-order valence-corrected chi connectivity index (χ1v) is 10.9. The van der Waals surface area contributed by atoms with Gasteiger partial charge in [-0.3, -0.25) is 29.4 Å². The van der Waals surface area contributed by atoms with Crippen LogP contribution in [0.4, 0.5) is 11.4 Å². The van der Waals surface area contributed by atoms with Crippen molar-refractivity contribution >= 4 is 29.0 Å². The number of carbonyl (C=O) groups excluding carboxylic acids is 3. The topological polar surface area (TPSA) is 110 Å². The molecule has 0 radical (unpaired) electrons. The van der Waals surface area contributed by atoms with E-state index in [9.17, 15) is 24.5 Å². The van der Waals surface area contributed by atoms with E-state index in [0.717, 1.165) is 23.3 Å². The van der Waals surface area contributed by atoms with Gasteiger partial charge in [0.25, 0.3) is 5.69 Å². The maximum absolute atomic E-state index is 13.7. The average molecular weight is 449 g/mol. The van der Waals surface area contributed by atoms with Gasteiger partial charge in [0, 0.05) is 23.7 Å². The first-order chi connectivity index (χ1) is 15.8. The number of ketones is 1. The zero-order valence-corrected chi connectivity index (χ0v) is 18.3. The number of non-ortho nitro benzene ring substituents is 1. The standard InChI is InChI=1S/C24H23N3O6/c1-13-5-7-14(8-6-13)22(28)21-20-19(16-4-3-11-25(16)21)23(29)26(24(20)30)17-12-15(27(31)32)9-10-18(17)33-2/h5-10,12,16,19-21H,3-4,11H2,1-2H3/t16-,19+,20+,21+/m1/s1. The summed E-state index contributed by atoms with van der Waals surface area (Å²) < 4.78 is 5.31. The van der Waals surface area contributed by atoms with Gasteiger partial charge in [0.05, 0.1) is 29.9 Å². The van der Waals surface area contributed by atoms with Crippen molar-refractivity contribution in [3.63, 3.8) is 0 Å². The van der Waals surface area contributed by atoms with Gasteiger partial charge in [0.15, 0.2) is 5.78 Å². The van der Waals surface area contributed by atoms with Crippen molar-refractivity contribution in [1.82, 2.24) is 4.90 Å². The molecule has 0 aliphatic carbocycles. The van der Waals surface area contributed by atoms with E-state index in [1.54, 1.807) is 12.1 Å². The Balaban J connectivity index is 1.58. The number of hydrogen-bond donors (Lipinski definition) is 0. The van der Waals surface area contributed by atoms with E-state index in [-0.39, 0.29) is 28.9 Å². The fraction of sp³-hybridized carbons (Fsp3) is 0.375. The summed E-state index contributed by atoms with van der Waals surface area (Å²) in [6, 6.07) is 10.1. The highest BCUT2D eigenvalue weighted by Gasteiger charge is 2.65. The summed E-state index contributed by atoms with van der Waals surface area (Å²) in [5.74, 6) is -2.43. The Morgan fingerprint density at radius 3 is 2.45 bits per heavy atom. The van der Waals surface area contributed by atoms with Crippen LogP contribution in [0.1, 0.15) is 28.8 Å². The Kier molecular flexibility index (Phi) is 5.01. The Bertz CT molecular complexity index is 1180. The second kappa shape index (κ2) is 7.77. The number of benzene rings is 2. The van der Waals surface area contributed by atoms with Crippen LogP contribution in [0.5, 0.6) is 5.75 Å². The third kappa shape index (κ3) is 3.14. The Morgan fingerprint density at radius 1 is 1.09 bits per heavy atom. The predicted octanol–water partition coefficient (Wildman–Crippen LogP) is 2.75. The molecule has 3 aliphatic heterocycles. The molecule has 2 amide bonds. The number of aryl methyl sites for hydroxylation is 1. The van der Waals surface area contributed by atoms with Crippen LogP contribution in [-0.2, 0) is 9.59 Å². The molecule has 0 bridgehead atoms. The minimum absolute atomic E-state index is 0.0437. The maximum atomic E-state index is 13.7. The molecular formula is C24H23N3O6. The number of nitro groups is 1. The number of fused-ring (bicyclic) bond motifs is 3. The Morgan fingerprint density at radius 2 is 1.79 bits per heavy atom. The van der Waals surface area contributed by atoms with Gasteiger partial charge in [-0.15, -0.1) is 0 Å². The number of nitrogens with zero attached hydrogens (tertiary/aromatic N) is 3. The van der Waals surface area contributed by atoms with Gasteiger partial charge in [-0.25, -0.2) is 4.90 Å². The molecule has 3 fully saturated rings. The molecule has 4 atom stereocenters. The highest BCUT2D eigenvalue weighted by atomic mass is 16.6. The van der Waals surface area contributed by atoms with Crippen molar-refractivity contribution in [1.29, 1.82) is 0 Å². The molecular weight excluding hydrogens is 426 g/mol. The van der Waals surface area contributed by atoms with Gasteiger partial charge in [0.1, 0.15) is 11.4 Å². The van der Waals surface area contributed by atoms with Gasteiger partial charge >= 0.3 is 0 Å². The summed E-state index contributed by atoms with van der Waals surface area (Å²) >= 11 is 0. The van der Waals surface area contributed by atoms with E-state index in [1.165, 1.54) is 25.3 Å². The van der Waals surface area contributed by atoms with E-state index in [0.29, 0.717) is 12.1 Å². The van der Waals surface area contributed by atoms with E-state index >= 15 is 0 Å². The van der Waals surface area contributed by atoms with E-state index in [2.05, 4.69) is 0 Å². The van der Waals surface area contributed by atoms with Crippen molar-refractivity contribution in [2.45, 2.75) is 31.8 Å². The number of nitro benzene ring substituents is 1. The second-order valence-corrected chi connectivity index (χ2v) is 8.80. The van der Waals surface area contributed by atoms with Gasteiger partial charge in [-0.05, 0) is 32.4 Å². The highest BCUT2D eigenvalue weighted by Crippen LogP contribution is 2.50. The molecule has 3 heterocycles. The third-order valence-electron chi connectivity index (χ3n) is 7.07. The predicted molar refractivity (Wildman–Crippen MR) is 118 cm³/mol. The van der Waals surface area contributed by atoms with E-state index in [1.807, 2.05) is 24.0 Å². The number of carbonyl (C=O) groups is 3. The lowest BCUT2D eigenvalue weighted by Gasteiger charge is -2.28. The summed E-state index contributed by atoms with van der Waals surface area (Å²) in [5.41, 5.74) is 1.31. The quantitative estimate of drug-likeness (QED) is 0.299. The highest BCUT2D eigenvalue weighted by molar-refractivity contribution is 6.25. The summed E-state index contributed by atoms with van der Waals surface area (Å²) in [6.45, 7) is 2.58. The minimum atomic E-state index is -0.833. The number of anilines is 1. The number of amides is 2. The van der Waals surface area contributed by atoms with Gasteiger partial charge in [-0.1, -0.05) is 29.8 Å². The second-order valence-electron chi connectivity index (χ2n) is 8.80. The summed E-state index contributed by atoms with van der Waals surface area (Å²) in [7, 11) is 1.37. The van der Waals surface area contributed by atoms with Gasteiger partial charge in [0.2, 0.25) is 11.8 Å². The van der Waals surface area contributed by atoms with Crippen LogP contribution >= 0.6 is 0 Å². The van der Waals surface area contributed by atoms with E-state index in [4.69, 9.17) is 4.74 Å². The lowest BCUT2D eigenvalue weighted by Crippen LogP contribution is -2.46. The van der Waals surface area contributed by atoms with Crippen molar-refractivity contribution in [2.75, 3.05) is 18.6 Å². The third-order valence-corrected chi connectivity index (χ3v) is 7.07. The Labute approximate surface area is 190 Å². The molecule has 9 heteroatoms. The van der Waals surface area contributed by atoms with Gasteiger partial charge < -0.3 is 4.74 Å². The van der Waals surface area contributed by atoms with Crippen LogP contribution in [0.2, 0.25) is 0 Å². The average Bonchev–Trinajstić information content (AvgIpc) is 3.45. The lowest BCUT2D eigenvalue weighted by molar-refractivity contribution is -0.384. The van der Waals surface area contributed by atoms with Crippen LogP contribution < -0.4 is 9.64 Å². The zero-order valence-electron chi connectivity index (χ0n) is 18.3. The molecule has 2 aromatic rings.